The van der Waals surface area contributed by atoms with E-state index < -0.39 is 6.10 Å². The van der Waals surface area contributed by atoms with Crippen molar-refractivity contribution in [1.82, 2.24) is 5.32 Å². The highest BCUT2D eigenvalue weighted by Crippen LogP contribution is 2.25. The Morgan fingerprint density at radius 1 is 1.39 bits per heavy atom. The molecule has 1 aromatic carbocycles. The summed E-state index contributed by atoms with van der Waals surface area (Å²) in [6.07, 6.45) is 0.107. The summed E-state index contributed by atoms with van der Waals surface area (Å²) < 4.78 is 0. The molecule has 3 N–H and O–H groups in total. The maximum atomic E-state index is 11.1. The van der Waals surface area contributed by atoms with Gasteiger partial charge in [0.2, 0.25) is 0 Å². The lowest BCUT2D eigenvalue weighted by Gasteiger charge is -2.17. The molecular weight excluding hydrogens is 314 g/mol. The molecule has 1 heterocycles. The highest BCUT2D eigenvalue weighted by atomic mass is 32.1. The van der Waals surface area contributed by atoms with Crippen molar-refractivity contribution in [1.29, 1.82) is 0 Å². The maximum Gasteiger partial charge on any atom is 0.292 e. The fourth-order valence-corrected chi connectivity index (χ4v) is 3.08. The van der Waals surface area contributed by atoms with Crippen LogP contribution in [-0.4, -0.2) is 23.1 Å². The minimum Gasteiger partial charge on any atom is -0.388 e. The van der Waals surface area contributed by atoms with Gasteiger partial charge in [-0.15, -0.1) is 11.3 Å². The van der Waals surface area contributed by atoms with Gasteiger partial charge in [-0.3, -0.25) is 10.1 Å². The zero-order valence-corrected chi connectivity index (χ0v) is 14.0. The van der Waals surface area contributed by atoms with Crippen LogP contribution in [0.5, 0.6) is 0 Å². The average Bonchev–Trinajstić information content (AvgIpc) is 3.07. The summed E-state index contributed by atoms with van der Waals surface area (Å²) >= 11 is 1.54. The minimum atomic E-state index is -0.487. The van der Waals surface area contributed by atoms with Crippen molar-refractivity contribution in [3.05, 3.63) is 56.3 Å². The van der Waals surface area contributed by atoms with Crippen LogP contribution in [0.4, 0.5) is 11.4 Å². The van der Waals surface area contributed by atoms with E-state index in [2.05, 4.69) is 10.6 Å². The quantitative estimate of drug-likeness (QED) is 0.509. The summed E-state index contributed by atoms with van der Waals surface area (Å²) in [7, 11) is 1.66. The lowest BCUT2D eigenvalue weighted by atomic mass is 10.1. The number of benzene rings is 1. The highest BCUT2D eigenvalue weighted by Gasteiger charge is 2.15. The molecule has 0 spiro atoms. The molecule has 124 valence electrons. The summed E-state index contributed by atoms with van der Waals surface area (Å²) in [5.74, 6) is 0. The summed E-state index contributed by atoms with van der Waals surface area (Å²) in [5, 5.41) is 29.3. The van der Waals surface area contributed by atoms with Crippen molar-refractivity contribution >= 4 is 22.7 Å². The second-order valence-corrected chi connectivity index (χ2v) is 6.39. The van der Waals surface area contributed by atoms with E-state index in [-0.39, 0.29) is 16.7 Å². The van der Waals surface area contributed by atoms with Crippen molar-refractivity contribution in [2.45, 2.75) is 32.0 Å². The van der Waals surface area contributed by atoms with Crippen molar-refractivity contribution in [2.75, 3.05) is 12.4 Å². The average molecular weight is 335 g/mol. The van der Waals surface area contributed by atoms with Gasteiger partial charge in [0.25, 0.3) is 5.69 Å². The van der Waals surface area contributed by atoms with Gasteiger partial charge in [-0.25, -0.2) is 0 Å². The molecule has 0 bridgehead atoms. The van der Waals surface area contributed by atoms with Gasteiger partial charge in [-0.2, -0.15) is 0 Å². The smallest absolute Gasteiger partial charge is 0.292 e. The molecule has 0 fully saturated rings. The Hall–Kier alpha value is -1.96. The van der Waals surface area contributed by atoms with E-state index in [9.17, 15) is 15.2 Å². The molecule has 7 heteroatoms. The Labute approximate surface area is 139 Å². The van der Waals surface area contributed by atoms with Crippen LogP contribution < -0.4 is 10.6 Å². The Kier molecular flexibility index (Phi) is 6.09. The van der Waals surface area contributed by atoms with E-state index in [0.29, 0.717) is 18.7 Å². The monoisotopic (exact) mass is 335 g/mol. The number of rotatable bonds is 8. The highest BCUT2D eigenvalue weighted by molar-refractivity contribution is 7.10. The first-order chi connectivity index (χ1) is 11.0. The molecule has 0 saturated carbocycles. The molecule has 2 aromatic rings. The Morgan fingerprint density at radius 2 is 2.17 bits per heavy atom. The number of nitrogens with zero attached hydrogens (tertiary/aromatic N) is 1. The van der Waals surface area contributed by atoms with Crippen LogP contribution in [0.2, 0.25) is 0 Å². The van der Waals surface area contributed by atoms with E-state index in [4.69, 9.17) is 0 Å². The lowest BCUT2D eigenvalue weighted by molar-refractivity contribution is -0.384. The van der Waals surface area contributed by atoms with Crippen LogP contribution in [0.25, 0.3) is 0 Å². The molecule has 0 aliphatic rings. The molecule has 2 unspecified atom stereocenters. The number of nitro benzene ring substituents is 1. The second kappa shape index (κ2) is 8.05. The predicted octanol–water partition coefficient (Wildman–Crippen LogP) is 3.30. The van der Waals surface area contributed by atoms with E-state index in [1.54, 1.807) is 19.2 Å². The summed E-state index contributed by atoms with van der Waals surface area (Å²) in [4.78, 5) is 11.6. The Balaban J connectivity index is 1.92. The number of aliphatic hydroxyl groups is 1. The van der Waals surface area contributed by atoms with Gasteiger partial charge in [0.05, 0.1) is 11.0 Å². The molecule has 0 amide bonds. The van der Waals surface area contributed by atoms with Gasteiger partial charge in [-0.1, -0.05) is 12.1 Å². The van der Waals surface area contributed by atoms with Gasteiger partial charge < -0.3 is 15.7 Å². The van der Waals surface area contributed by atoms with Crippen molar-refractivity contribution in [3.63, 3.8) is 0 Å². The first kappa shape index (κ1) is 17.4. The van der Waals surface area contributed by atoms with Crippen LogP contribution in [0.3, 0.4) is 0 Å². The van der Waals surface area contributed by atoms with Gasteiger partial charge in [0, 0.05) is 30.6 Å². The first-order valence-electron chi connectivity index (χ1n) is 7.41. The van der Waals surface area contributed by atoms with Crippen molar-refractivity contribution in [3.8, 4) is 0 Å². The lowest BCUT2D eigenvalue weighted by Crippen LogP contribution is -2.27. The third-order valence-corrected chi connectivity index (χ3v) is 4.60. The van der Waals surface area contributed by atoms with E-state index in [0.717, 1.165) is 10.4 Å². The summed E-state index contributed by atoms with van der Waals surface area (Å²) in [5.41, 5.74) is 1.41. The number of thiophene rings is 1. The standard InChI is InChI=1S/C16H21N3O3S/c1-11(8-15(20)16-4-3-7-23-16)18-10-12-5-6-13(17-2)14(9-12)19(21)22/h3-7,9,11,15,17-18,20H,8,10H2,1-2H3. The first-order valence-corrected chi connectivity index (χ1v) is 8.29. The van der Waals surface area contributed by atoms with Crippen LogP contribution in [0.15, 0.2) is 35.7 Å². The fraction of sp³-hybridized carbons (Fsp3) is 0.375. The fourth-order valence-electron chi connectivity index (χ4n) is 2.36. The summed E-state index contributed by atoms with van der Waals surface area (Å²) in [6, 6.07) is 9.07. The molecule has 6 nitrogen and oxygen atoms in total. The van der Waals surface area contributed by atoms with Crippen LogP contribution in [0, 0.1) is 10.1 Å². The molecule has 0 saturated heterocycles. The Morgan fingerprint density at radius 3 is 2.78 bits per heavy atom. The Bertz CT molecular complexity index is 646. The normalized spacial score (nSPS) is 13.5. The molecule has 23 heavy (non-hydrogen) atoms. The second-order valence-electron chi connectivity index (χ2n) is 5.41. The topological polar surface area (TPSA) is 87.4 Å². The number of hydrogen-bond donors (Lipinski definition) is 3. The van der Waals surface area contributed by atoms with Gasteiger partial charge in [0.1, 0.15) is 5.69 Å². The molecule has 2 rings (SSSR count). The molecule has 0 radical (unpaired) electrons. The number of hydrogen-bond acceptors (Lipinski definition) is 6. The maximum absolute atomic E-state index is 11.1. The zero-order chi connectivity index (χ0) is 16.8. The number of nitrogens with one attached hydrogen (secondary N) is 2. The number of anilines is 1. The van der Waals surface area contributed by atoms with E-state index in [1.165, 1.54) is 11.3 Å². The summed E-state index contributed by atoms with van der Waals surface area (Å²) in [6.45, 7) is 2.51. The number of nitro groups is 1. The zero-order valence-electron chi connectivity index (χ0n) is 13.2. The molecule has 0 aliphatic carbocycles. The van der Waals surface area contributed by atoms with E-state index in [1.807, 2.05) is 30.5 Å². The van der Waals surface area contributed by atoms with Crippen LogP contribution in [0.1, 0.15) is 29.9 Å². The van der Waals surface area contributed by atoms with Gasteiger partial charge >= 0.3 is 0 Å². The largest absolute Gasteiger partial charge is 0.388 e. The van der Waals surface area contributed by atoms with Crippen molar-refractivity contribution in [2.24, 2.45) is 0 Å². The minimum absolute atomic E-state index is 0.0677. The van der Waals surface area contributed by atoms with Gasteiger partial charge in [0.15, 0.2) is 0 Å². The predicted molar refractivity (Wildman–Crippen MR) is 92.8 cm³/mol. The van der Waals surface area contributed by atoms with E-state index >= 15 is 0 Å². The third-order valence-electron chi connectivity index (χ3n) is 3.63. The van der Waals surface area contributed by atoms with Crippen molar-refractivity contribution < 1.29 is 10.0 Å². The molecule has 0 aliphatic heterocycles. The molecular formula is C16H21N3O3S. The molecule has 1 aromatic heterocycles. The number of aliphatic hydroxyl groups excluding tert-OH is 1. The van der Waals surface area contributed by atoms with Crippen LogP contribution in [-0.2, 0) is 6.54 Å². The SMILES string of the molecule is CNc1ccc(CNC(C)CC(O)c2cccs2)cc1[N+](=O)[O-]. The van der Waals surface area contributed by atoms with Gasteiger partial charge in [-0.05, 0) is 36.4 Å². The van der Waals surface area contributed by atoms with Crippen LogP contribution >= 0.6 is 11.3 Å². The third kappa shape index (κ3) is 4.75. The molecule has 2 atom stereocenters.